The number of likely N-dealkylation sites (N-methyl/N-ethyl adjacent to an activating group) is 1. The highest BCUT2D eigenvalue weighted by molar-refractivity contribution is 5.79. The summed E-state index contributed by atoms with van der Waals surface area (Å²) in [6.45, 7) is 5.97. The van der Waals surface area contributed by atoms with Crippen LogP contribution >= 0.6 is 0 Å². The second-order valence-electron chi connectivity index (χ2n) is 3.89. The Morgan fingerprint density at radius 3 is 2.07 bits per heavy atom. The standard InChI is InChI=1S/C11H18N2O/c1-8-6-7-9(2)13(8)10(3)11(14)12(4)5/h6-7,10H,1-5H3. The normalized spacial score (nSPS) is 12.6. The monoisotopic (exact) mass is 194 g/mol. The van der Waals surface area contributed by atoms with Crippen molar-refractivity contribution >= 4 is 5.91 Å². The number of nitrogens with zero attached hydrogens (tertiary/aromatic N) is 2. The molecule has 0 saturated heterocycles. The third kappa shape index (κ3) is 1.81. The minimum Gasteiger partial charge on any atom is -0.347 e. The largest absolute Gasteiger partial charge is 0.347 e. The summed E-state index contributed by atoms with van der Waals surface area (Å²) in [5.74, 6) is 0.132. The molecule has 1 unspecified atom stereocenters. The quantitative estimate of drug-likeness (QED) is 0.704. The zero-order valence-corrected chi connectivity index (χ0v) is 9.53. The van der Waals surface area contributed by atoms with E-state index in [2.05, 4.69) is 4.57 Å². The molecule has 78 valence electrons. The molecule has 0 N–H and O–H groups in total. The average molecular weight is 194 g/mol. The number of carbonyl (C=O) groups is 1. The Morgan fingerprint density at radius 1 is 1.29 bits per heavy atom. The molecule has 0 aliphatic heterocycles. The van der Waals surface area contributed by atoms with Gasteiger partial charge in [0.2, 0.25) is 5.91 Å². The summed E-state index contributed by atoms with van der Waals surface area (Å²) in [5, 5.41) is 0. The number of hydrogen-bond donors (Lipinski definition) is 0. The van der Waals surface area contributed by atoms with Crippen molar-refractivity contribution in [2.45, 2.75) is 26.8 Å². The first-order chi connectivity index (χ1) is 6.45. The van der Waals surface area contributed by atoms with E-state index < -0.39 is 0 Å². The van der Waals surface area contributed by atoms with Gasteiger partial charge in [0.1, 0.15) is 6.04 Å². The Hall–Kier alpha value is -1.25. The van der Waals surface area contributed by atoms with Crippen LogP contribution in [-0.2, 0) is 4.79 Å². The van der Waals surface area contributed by atoms with E-state index in [1.807, 2.05) is 32.9 Å². The van der Waals surface area contributed by atoms with E-state index in [9.17, 15) is 4.79 Å². The zero-order chi connectivity index (χ0) is 10.9. The van der Waals surface area contributed by atoms with Crippen LogP contribution in [0.3, 0.4) is 0 Å². The van der Waals surface area contributed by atoms with Gasteiger partial charge in [-0.15, -0.1) is 0 Å². The fourth-order valence-corrected chi connectivity index (χ4v) is 1.77. The first kappa shape index (κ1) is 10.8. The summed E-state index contributed by atoms with van der Waals surface area (Å²) in [6.07, 6.45) is 0. The van der Waals surface area contributed by atoms with E-state index in [4.69, 9.17) is 0 Å². The molecule has 1 aromatic rings. The third-order valence-corrected chi connectivity index (χ3v) is 2.51. The van der Waals surface area contributed by atoms with Crippen LogP contribution in [0.4, 0.5) is 0 Å². The van der Waals surface area contributed by atoms with Gasteiger partial charge in [-0.05, 0) is 32.9 Å². The second-order valence-corrected chi connectivity index (χ2v) is 3.89. The molecular formula is C11H18N2O. The lowest BCUT2D eigenvalue weighted by Crippen LogP contribution is -2.30. The van der Waals surface area contributed by atoms with Gasteiger partial charge in [0.15, 0.2) is 0 Å². The minimum atomic E-state index is -0.111. The molecule has 0 aliphatic carbocycles. The second kappa shape index (κ2) is 3.86. The molecule has 0 aromatic carbocycles. The Balaban J connectivity index is 3.00. The topological polar surface area (TPSA) is 25.2 Å². The minimum absolute atomic E-state index is 0.111. The van der Waals surface area contributed by atoms with E-state index >= 15 is 0 Å². The maximum absolute atomic E-state index is 11.8. The lowest BCUT2D eigenvalue weighted by Gasteiger charge is -2.21. The fraction of sp³-hybridized carbons (Fsp3) is 0.545. The van der Waals surface area contributed by atoms with E-state index in [0.717, 1.165) is 11.4 Å². The number of hydrogen-bond acceptors (Lipinski definition) is 1. The van der Waals surface area contributed by atoms with Gasteiger partial charge in [0.25, 0.3) is 0 Å². The van der Waals surface area contributed by atoms with Crippen molar-refractivity contribution in [2.75, 3.05) is 14.1 Å². The highest BCUT2D eigenvalue weighted by Gasteiger charge is 2.18. The summed E-state index contributed by atoms with van der Waals surface area (Å²) in [7, 11) is 3.57. The van der Waals surface area contributed by atoms with Crippen molar-refractivity contribution in [3.63, 3.8) is 0 Å². The maximum atomic E-state index is 11.8. The fourth-order valence-electron chi connectivity index (χ4n) is 1.77. The molecule has 0 spiro atoms. The molecule has 3 nitrogen and oxygen atoms in total. The highest BCUT2D eigenvalue weighted by atomic mass is 16.2. The van der Waals surface area contributed by atoms with Gasteiger partial charge in [-0.3, -0.25) is 4.79 Å². The van der Waals surface area contributed by atoms with Crippen LogP contribution in [0.15, 0.2) is 12.1 Å². The van der Waals surface area contributed by atoms with E-state index in [-0.39, 0.29) is 11.9 Å². The summed E-state index contributed by atoms with van der Waals surface area (Å²) in [6, 6.07) is 3.96. The summed E-state index contributed by atoms with van der Waals surface area (Å²) < 4.78 is 2.06. The molecule has 1 heterocycles. The summed E-state index contributed by atoms with van der Waals surface area (Å²) in [5.41, 5.74) is 2.26. The predicted molar refractivity (Wildman–Crippen MR) is 57.3 cm³/mol. The Labute approximate surface area is 85.3 Å². The van der Waals surface area contributed by atoms with Gasteiger partial charge < -0.3 is 9.47 Å². The molecule has 1 aromatic heterocycles. The molecule has 1 amide bonds. The molecule has 1 atom stereocenters. The summed E-state index contributed by atoms with van der Waals surface area (Å²) in [4.78, 5) is 13.4. The van der Waals surface area contributed by atoms with Crippen molar-refractivity contribution in [2.24, 2.45) is 0 Å². The van der Waals surface area contributed by atoms with Gasteiger partial charge >= 0.3 is 0 Å². The van der Waals surface area contributed by atoms with Crippen molar-refractivity contribution in [3.8, 4) is 0 Å². The molecule has 3 heteroatoms. The van der Waals surface area contributed by atoms with Gasteiger partial charge in [0.05, 0.1) is 0 Å². The van der Waals surface area contributed by atoms with Crippen LogP contribution in [-0.4, -0.2) is 29.5 Å². The van der Waals surface area contributed by atoms with Crippen molar-refractivity contribution < 1.29 is 4.79 Å². The molecule has 0 saturated carbocycles. The average Bonchev–Trinajstić information content (AvgIpc) is 2.44. The van der Waals surface area contributed by atoms with E-state index in [0.29, 0.717) is 0 Å². The van der Waals surface area contributed by atoms with E-state index in [1.165, 1.54) is 0 Å². The first-order valence-corrected chi connectivity index (χ1v) is 4.80. The van der Waals surface area contributed by atoms with Crippen LogP contribution < -0.4 is 0 Å². The van der Waals surface area contributed by atoms with Crippen LogP contribution in [0.25, 0.3) is 0 Å². The van der Waals surface area contributed by atoms with Gasteiger partial charge in [-0.25, -0.2) is 0 Å². The number of amides is 1. The zero-order valence-electron chi connectivity index (χ0n) is 9.53. The maximum Gasteiger partial charge on any atom is 0.244 e. The van der Waals surface area contributed by atoms with Crippen LogP contribution in [0, 0.1) is 13.8 Å². The molecule has 0 radical (unpaired) electrons. The number of carbonyl (C=O) groups excluding carboxylic acids is 1. The Bertz CT molecular complexity index is 320. The van der Waals surface area contributed by atoms with Crippen LogP contribution in [0.2, 0.25) is 0 Å². The molecule has 14 heavy (non-hydrogen) atoms. The molecule has 0 aliphatic rings. The lowest BCUT2D eigenvalue weighted by molar-refractivity contribution is -0.131. The van der Waals surface area contributed by atoms with Crippen molar-refractivity contribution in [1.82, 2.24) is 9.47 Å². The third-order valence-electron chi connectivity index (χ3n) is 2.51. The molecule has 1 rings (SSSR count). The van der Waals surface area contributed by atoms with Gasteiger partial charge in [-0.2, -0.15) is 0 Å². The SMILES string of the molecule is Cc1ccc(C)n1C(C)C(=O)N(C)C. The van der Waals surface area contributed by atoms with Gasteiger partial charge in [0, 0.05) is 25.5 Å². The number of rotatable bonds is 2. The van der Waals surface area contributed by atoms with Gasteiger partial charge in [-0.1, -0.05) is 0 Å². The van der Waals surface area contributed by atoms with Crippen molar-refractivity contribution in [1.29, 1.82) is 0 Å². The van der Waals surface area contributed by atoms with Crippen molar-refractivity contribution in [3.05, 3.63) is 23.5 Å². The summed E-state index contributed by atoms with van der Waals surface area (Å²) >= 11 is 0. The van der Waals surface area contributed by atoms with Crippen LogP contribution in [0.1, 0.15) is 24.4 Å². The Morgan fingerprint density at radius 2 is 1.71 bits per heavy atom. The first-order valence-electron chi connectivity index (χ1n) is 4.80. The highest BCUT2D eigenvalue weighted by Crippen LogP contribution is 2.16. The molecular weight excluding hydrogens is 176 g/mol. The predicted octanol–water partition coefficient (Wildman–Crippen LogP) is 1.75. The van der Waals surface area contributed by atoms with Crippen LogP contribution in [0.5, 0.6) is 0 Å². The van der Waals surface area contributed by atoms with E-state index in [1.54, 1.807) is 19.0 Å². The number of aryl methyl sites for hydroxylation is 2. The smallest absolute Gasteiger partial charge is 0.244 e. The Kier molecular flexibility index (Phi) is 2.99. The lowest BCUT2D eigenvalue weighted by atomic mass is 10.2. The number of aromatic nitrogens is 1. The molecule has 0 bridgehead atoms. The molecule has 0 fully saturated rings.